The number of hydrogen-bond donors (Lipinski definition) is 3. The average molecular weight is 452 g/mol. The summed E-state index contributed by atoms with van der Waals surface area (Å²) < 4.78 is 10.3. The summed E-state index contributed by atoms with van der Waals surface area (Å²) >= 11 is 0. The van der Waals surface area contributed by atoms with E-state index in [9.17, 15) is 29.6 Å². The second kappa shape index (κ2) is 10.8. The van der Waals surface area contributed by atoms with Gasteiger partial charge in [0, 0.05) is 18.7 Å². The summed E-state index contributed by atoms with van der Waals surface area (Å²) in [5, 5.41) is 25.6. The third-order valence-electron chi connectivity index (χ3n) is 4.46. The molecular formula is C20H28N4O8. The third kappa shape index (κ3) is 8.02. The van der Waals surface area contributed by atoms with Crippen LogP contribution in [0.15, 0.2) is 24.3 Å². The largest absolute Gasteiger partial charge is 0.445 e. The molecule has 0 spiro atoms. The Hall–Kier alpha value is -3.41. The minimum atomic E-state index is -0.760. The lowest BCUT2D eigenvalue weighted by molar-refractivity contribution is -0.384. The number of nitro benzene ring substituents is 1. The maximum atomic E-state index is 12.4. The maximum Gasteiger partial charge on any atom is 0.410 e. The highest BCUT2D eigenvalue weighted by Crippen LogP contribution is 2.19. The van der Waals surface area contributed by atoms with E-state index in [-0.39, 0.29) is 38.3 Å². The first-order valence-electron chi connectivity index (χ1n) is 10.0. The summed E-state index contributed by atoms with van der Waals surface area (Å²) in [5.41, 5.74) is -0.183. The number of carbonyl (C=O) groups excluding carboxylic acids is 3. The van der Waals surface area contributed by atoms with Crippen LogP contribution in [0.4, 0.5) is 15.3 Å². The van der Waals surface area contributed by atoms with Gasteiger partial charge in [0.1, 0.15) is 12.2 Å². The SMILES string of the molecule is CC(C)(C)OC(=O)NCC(=O)NC[C@@H]1C[C@@H](O)CN1C(=O)OCc1ccc([N+](=O)[O-])cc1. The summed E-state index contributed by atoms with van der Waals surface area (Å²) in [6, 6.07) is 5.11. The van der Waals surface area contributed by atoms with E-state index < -0.39 is 40.8 Å². The molecule has 12 heteroatoms. The van der Waals surface area contributed by atoms with Gasteiger partial charge in [0.2, 0.25) is 5.91 Å². The van der Waals surface area contributed by atoms with Crippen LogP contribution in [0.3, 0.4) is 0 Å². The molecule has 3 amide bonds. The molecule has 1 fully saturated rings. The molecule has 2 atom stereocenters. The number of aliphatic hydroxyl groups excluding tert-OH is 1. The molecule has 1 aromatic carbocycles. The Morgan fingerprint density at radius 3 is 2.47 bits per heavy atom. The Kier molecular flexibility index (Phi) is 8.35. The van der Waals surface area contributed by atoms with Crippen molar-refractivity contribution in [2.45, 2.75) is 51.5 Å². The van der Waals surface area contributed by atoms with E-state index in [0.29, 0.717) is 5.56 Å². The normalized spacial score (nSPS) is 18.1. The van der Waals surface area contributed by atoms with Gasteiger partial charge in [-0.05, 0) is 44.9 Å². The fourth-order valence-corrected chi connectivity index (χ4v) is 3.01. The van der Waals surface area contributed by atoms with Gasteiger partial charge in [-0.2, -0.15) is 0 Å². The predicted molar refractivity (Wildman–Crippen MR) is 112 cm³/mol. The molecule has 3 N–H and O–H groups in total. The summed E-state index contributed by atoms with van der Waals surface area (Å²) in [6.45, 7) is 4.83. The number of aliphatic hydroxyl groups is 1. The molecular weight excluding hydrogens is 424 g/mol. The fourth-order valence-electron chi connectivity index (χ4n) is 3.01. The van der Waals surface area contributed by atoms with Crippen molar-refractivity contribution < 1.29 is 33.9 Å². The van der Waals surface area contributed by atoms with Gasteiger partial charge in [-0.25, -0.2) is 9.59 Å². The summed E-state index contributed by atoms with van der Waals surface area (Å²) in [4.78, 5) is 47.5. The van der Waals surface area contributed by atoms with E-state index in [1.165, 1.54) is 29.2 Å². The number of benzene rings is 1. The molecule has 0 saturated carbocycles. The van der Waals surface area contributed by atoms with E-state index in [2.05, 4.69) is 10.6 Å². The van der Waals surface area contributed by atoms with Crippen molar-refractivity contribution in [3.05, 3.63) is 39.9 Å². The number of amides is 3. The third-order valence-corrected chi connectivity index (χ3v) is 4.46. The summed E-state index contributed by atoms with van der Waals surface area (Å²) in [7, 11) is 0. The number of likely N-dealkylation sites (tertiary alicyclic amines) is 1. The number of non-ortho nitro benzene ring substituents is 1. The first-order chi connectivity index (χ1) is 14.9. The van der Waals surface area contributed by atoms with Crippen LogP contribution in [-0.4, -0.2) is 70.4 Å². The lowest BCUT2D eigenvalue weighted by atomic mass is 10.2. The van der Waals surface area contributed by atoms with Crippen molar-refractivity contribution in [2.75, 3.05) is 19.6 Å². The quantitative estimate of drug-likeness (QED) is 0.412. The van der Waals surface area contributed by atoms with Gasteiger partial charge in [0.15, 0.2) is 0 Å². The van der Waals surface area contributed by atoms with Gasteiger partial charge in [-0.15, -0.1) is 0 Å². The molecule has 1 saturated heterocycles. The summed E-state index contributed by atoms with van der Waals surface area (Å²) in [6.07, 6.45) is -1.90. The molecule has 1 heterocycles. The zero-order valence-corrected chi connectivity index (χ0v) is 18.2. The molecule has 2 rings (SSSR count). The molecule has 1 aliphatic heterocycles. The number of alkyl carbamates (subject to hydrolysis) is 1. The highest BCUT2D eigenvalue weighted by atomic mass is 16.6. The molecule has 0 radical (unpaired) electrons. The highest BCUT2D eigenvalue weighted by molar-refractivity contribution is 5.82. The lowest BCUT2D eigenvalue weighted by Gasteiger charge is -2.24. The first kappa shape index (κ1) is 24.9. The van der Waals surface area contributed by atoms with Gasteiger partial charge in [0.05, 0.1) is 30.2 Å². The number of β-amino-alcohol motifs (C(OH)–C–C–N with tert-alkyl or cyclic N) is 1. The molecule has 0 bridgehead atoms. The van der Waals surface area contributed by atoms with Crippen molar-refractivity contribution in [1.29, 1.82) is 0 Å². The number of hydrogen-bond acceptors (Lipinski definition) is 8. The van der Waals surface area contributed by atoms with Gasteiger partial charge in [0.25, 0.3) is 5.69 Å². The second-order valence-electron chi connectivity index (χ2n) is 8.33. The molecule has 12 nitrogen and oxygen atoms in total. The molecule has 176 valence electrons. The van der Waals surface area contributed by atoms with Crippen LogP contribution in [-0.2, 0) is 20.9 Å². The van der Waals surface area contributed by atoms with Crippen LogP contribution in [0.1, 0.15) is 32.8 Å². The van der Waals surface area contributed by atoms with E-state index >= 15 is 0 Å². The Balaban J connectivity index is 1.80. The predicted octanol–water partition coefficient (Wildman–Crippen LogP) is 1.31. The van der Waals surface area contributed by atoms with Gasteiger partial charge >= 0.3 is 12.2 Å². The van der Waals surface area contributed by atoms with E-state index in [1.54, 1.807) is 20.8 Å². The Morgan fingerprint density at radius 1 is 1.22 bits per heavy atom. The average Bonchev–Trinajstić information content (AvgIpc) is 3.08. The van der Waals surface area contributed by atoms with Gasteiger partial charge < -0.3 is 30.1 Å². The molecule has 0 aliphatic carbocycles. The van der Waals surface area contributed by atoms with Crippen LogP contribution in [0.2, 0.25) is 0 Å². The Morgan fingerprint density at radius 2 is 1.88 bits per heavy atom. The molecule has 0 aromatic heterocycles. The zero-order valence-electron chi connectivity index (χ0n) is 18.2. The van der Waals surface area contributed by atoms with Crippen LogP contribution >= 0.6 is 0 Å². The van der Waals surface area contributed by atoms with Crippen LogP contribution < -0.4 is 10.6 Å². The number of carbonyl (C=O) groups is 3. The Labute approximate surface area is 185 Å². The number of nitro groups is 1. The lowest BCUT2D eigenvalue weighted by Crippen LogP contribution is -2.46. The zero-order chi connectivity index (χ0) is 23.9. The first-order valence-corrected chi connectivity index (χ1v) is 10.0. The van der Waals surface area contributed by atoms with Crippen LogP contribution in [0.25, 0.3) is 0 Å². The van der Waals surface area contributed by atoms with E-state index in [0.717, 1.165) is 0 Å². The highest BCUT2D eigenvalue weighted by Gasteiger charge is 2.35. The topological polar surface area (TPSA) is 160 Å². The standard InChI is InChI=1S/C20H28N4O8/c1-20(2,3)32-18(27)22-10-17(26)21-9-15-8-16(25)11-23(15)19(28)31-12-13-4-6-14(7-5-13)24(29)30/h4-7,15-16,25H,8-12H2,1-3H3,(H,21,26)(H,22,27)/t15-,16+/m0/s1. The molecule has 1 aliphatic rings. The van der Waals surface area contributed by atoms with Crippen molar-refractivity contribution in [2.24, 2.45) is 0 Å². The van der Waals surface area contributed by atoms with Crippen molar-refractivity contribution in [1.82, 2.24) is 15.5 Å². The molecule has 1 aromatic rings. The van der Waals surface area contributed by atoms with Crippen molar-refractivity contribution in [3.8, 4) is 0 Å². The fraction of sp³-hybridized carbons (Fsp3) is 0.550. The monoisotopic (exact) mass is 452 g/mol. The smallest absolute Gasteiger partial charge is 0.410 e. The van der Waals surface area contributed by atoms with E-state index in [4.69, 9.17) is 9.47 Å². The van der Waals surface area contributed by atoms with Gasteiger partial charge in [-0.3, -0.25) is 14.9 Å². The maximum absolute atomic E-state index is 12.4. The van der Waals surface area contributed by atoms with Crippen molar-refractivity contribution >= 4 is 23.8 Å². The minimum Gasteiger partial charge on any atom is -0.445 e. The number of rotatable bonds is 7. The number of nitrogens with zero attached hydrogens (tertiary/aromatic N) is 2. The van der Waals surface area contributed by atoms with E-state index in [1.807, 2.05) is 0 Å². The number of nitrogens with one attached hydrogen (secondary N) is 2. The van der Waals surface area contributed by atoms with Crippen molar-refractivity contribution in [3.63, 3.8) is 0 Å². The van der Waals surface area contributed by atoms with Crippen LogP contribution in [0, 0.1) is 10.1 Å². The minimum absolute atomic E-state index is 0.0514. The number of ether oxygens (including phenoxy) is 2. The summed E-state index contributed by atoms with van der Waals surface area (Å²) in [5.74, 6) is -0.476. The van der Waals surface area contributed by atoms with Gasteiger partial charge in [-0.1, -0.05) is 0 Å². The van der Waals surface area contributed by atoms with Crippen LogP contribution in [0.5, 0.6) is 0 Å². The second-order valence-corrected chi connectivity index (χ2v) is 8.33. The Bertz CT molecular complexity index is 837. The molecule has 0 unspecified atom stereocenters. The molecule has 32 heavy (non-hydrogen) atoms.